The van der Waals surface area contributed by atoms with Crippen molar-refractivity contribution in [3.05, 3.63) is 27.6 Å². The van der Waals surface area contributed by atoms with Gasteiger partial charge in [-0.25, -0.2) is 26.3 Å². The normalized spacial score (nSPS) is 12.5. The van der Waals surface area contributed by atoms with Crippen LogP contribution in [0, 0.1) is 0 Å². The van der Waals surface area contributed by atoms with Crippen LogP contribution < -0.4 is 15.0 Å². The summed E-state index contributed by atoms with van der Waals surface area (Å²) in [6.07, 6.45) is 0.981. The Labute approximate surface area is 121 Å². The van der Waals surface area contributed by atoms with E-state index >= 15 is 0 Å². The van der Waals surface area contributed by atoms with E-state index in [9.17, 15) is 21.6 Å². The van der Waals surface area contributed by atoms with Crippen LogP contribution in [0.5, 0.6) is 0 Å². The molecular weight excluding hydrogens is 330 g/mol. The average Bonchev–Trinajstić information content (AvgIpc) is 2.31. The smallest absolute Gasteiger partial charge is 0.266 e. The van der Waals surface area contributed by atoms with Crippen molar-refractivity contribution < 1.29 is 16.8 Å². The molecule has 1 aromatic rings. The third-order valence-corrected chi connectivity index (χ3v) is 5.36. The first kappa shape index (κ1) is 17.1. The monoisotopic (exact) mass is 343 g/mol. The van der Waals surface area contributed by atoms with Gasteiger partial charge in [0.1, 0.15) is 5.02 Å². The molecule has 0 amide bonds. The summed E-state index contributed by atoms with van der Waals surface area (Å²) in [4.78, 5) is 12.9. The van der Waals surface area contributed by atoms with Gasteiger partial charge in [-0.3, -0.25) is 4.79 Å². The molecule has 1 rings (SSSR count). The standard InChI is InChI=1S/C9H14ClN3O5S2/c1-2-12-19(15,16)4-3-13-20(17,18)7-5-8(10)9(14)11-6-7/h5-6,12-13H,2-4H2,1H3,(H,11,14). The molecule has 20 heavy (non-hydrogen) atoms. The molecule has 0 fully saturated rings. The van der Waals surface area contributed by atoms with E-state index < -0.39 is 31.4 Å². The van der Waals surface area contributed by atoms with E-state index in [1.165, 1.54) is 0 Å². The van der Waals surface area contributed by atoms with Gasteiger partial charge in [0.2, 0.25) is 20.0 Å². The zero-order chi connectivity index (χ0) is 15.4. The SMILES string of the molecule is CCNS(=O)(=O)CCNS(=O)(=O)c1c[nH]c(=O)c(Cl)c1. The van der Waals surface area contributed by atoms with Crippen LogP contribution in [0.25, 0.3) is 0 Å². The second-order valence-corrected chi connectivity index (χ2v) is 7.83. The molecule has 1 aromatic heterocycles. The number of H-pyrrole nitrogens is 1. The summed E-state index contributed by atoms with van der Waals surface area (Å²) in [7, 11) is -7.45. The molecular formula is C9H14ClN3O5S2. The zero-order valence-corrected chi connectivity index (χ0v) is 12.9. The lowest BCUT2D eigenvalue weighted by molar-refractivity contribution is 0.576. The summed E-state index contributed by atoms with van der Waals surface area (Å²) in [5, 5.41) is -0.270. The van der Waals surface area contributed by atoms with Crippen molar-refractivity contribution in [1.29, 1.82) is 0 Å². The van der Waals surface area contributed by atoms with Gasteiger partial charge in [0.25, 0.3) is 5.56 Å². The average molecular weight is 344 g/mol. The minimum absolute atomic E-state index is 0.227. The lowest BCUT2D eigenvalue weighted by Crippen LogP contribution is -2.34. The fourth-order valence-corrected chi connectivity index (χ4v) is 3.62. The van der Waals surface area contributed by atoms with E-state index in [1.54, 1.807) is 6.92 Å². The molecule has 0 radical (unpaired) electrons. The maximum absolute atomic E-state index is 11.8. The van der Waals surface area contributed by atoms with Crippen LogP contribution in [0.3, 0.4) is 0 Å². The first-order chi connectivity index (χ1) is 9.18. The van der Waals surface area contributed by atoms with Crippen molar-refractivity contribution in [2.45, 2.75) is 11.8 Å². The zero-order valence-electron chi connectivity index (χ0n) is 10.5. The molecule has 11 heteroatoms. The van der Waals surface area contributed by atoms with Gasteiger partial charge in [0, 0.05) is 19.3 Å². The molecule has 1 heterocycles. The van der Waals surface area contributed by atoms with Gasteiger partial charge in [-0.15, -0.1) is 0 Å². The number of hydrogen-bond acceptors (Lipinski definition) is 5. The van der Waals surface area contributed by atoms with Crippen LogP contribution in [-0.2, 0) is 20.0 Å². The lowest BCUT2D eigenvalue weighted by Gasteiger charge is -2.07. The molecule has 8 nitrogen and oxygen atoms in total. The van der Waals surface area contributed by atoms with Crippen molar-refractivity contribution in [1.82, 2.24) is 14.4 Å². The fraction of sp³-hybridized carbons (Fsp3) is 0.444. The summed E-state index contributed by atoms with van der Waals surface area (Å²) in [6, 6.07) is 0.988. The summed E-state index contributed by atoms with van der Waals surface area (Å²) in [5.41, 5.74) is -0.611. The van der Waals surface area contributed by atoms with Crippen molar-refractivity contribution in [2.24, 2.45) is 0 Å². The summed E-state index contributed by atoms with van der Waals surface area (Å²) >= 11 is 5.53. The van der Waals surface area contributed by atoms with Crippen LogP contribution in [0.4, 0.5) is 0 Å². The van der Waals surface area contributed by atoms with E-state index in [2.05, 4.69) is 14.4 Å². The molecule has 0 aliphatic heterocycles. The number of aromatic amines is 1. The third kappa shape index (κ3) is 4.87. The Kier molecular flexibility index (Phi) is 5.71. The molecule has 0 unspecified atom stereocenters. The highest BCUT2D eigenvalue weighted by molar-refractivity contribution is 7.90. The summed E-state index contributed by atoms with van der Waals surface area (Å²) < 4.78 is 50.7. The first-order valence-corrected chi connectivity index (χ1v) is 9.04. The van der Waals surface area contributed by atoms with Gasteiger partial charge in [-0.2, -0.15) is 0 Å². The van der Waals surface area contributed by atoms with Crippen LogP contribution in [-0.4, -0.2) is 40.7 Å². The molecule has 3 N–H and O–H groups in total. The summed E-state index contributed by atoms with van der Waals surface area (Å²) in [5.74, 6) is -0.392. The summed E-state index contributed by atoms with van der Waals surface area (Å²) in [6.45, 7) is 1.54. The van der Waals surface area contributed by atoms with Crippen molar-refractivity contribution in [2.75, 3.05) is 18.8 Å². The predicted octanol–water partition coefficient (Wildman–Crippen LogP) is -0.754. The Hall–Kier alpha value is -0.940. The number of aromatic nitrogens is 1. The number of rotatable bonds is 7. The first-order valence-electron chi connectivity index (χ1n) is 5.53. The number of nitrogens with one attached hydrogen (secondary N) is 3. The van der Waals surface area contributed by atoms with Crippen LogP contribution in [0.2, 0.25) is 5.02 Å². The predicted molar refractivity (Wildman–Crippen MR) is 74.7 cm³/mol. The topological polar surface area (TPSA) is 125 Å². The molecule has 114 valence electrons. The number of pyridine rings is 1. The van der Waals surface area contributed by atoms with E-state index in [-0.39, 0.29) is 23.0 Å². The highest BCUT2D eigenvalue weighted by atomic mass is 35.5. The quantitative estimate of drug-likeness (QED) is 0.600. The van der Waals surface area contributed by atoms with E-state index in [1.807, 2.05) is 0 Å². The molecule has 0 aromatic carbocycles. The molecule has 0 spiro atoms. The van der Waals surface area contributed by atoms with E-state index in [0.717, 1.165) is 12.3 Å². The van der Waals surface area contributed by atoms with Crippen molar-refractivity contribution >= 4 is 31.6 Å². The lowest BCUT2D eigenvalue weighted by atomic mass is 10.5. The minimum atomic E-state index is -3.93. The van der Waals surface area contributed by atoms with E-state index in [0.29, 0.717) is 0 Å². The Bertz CT molecular complexity index is 726. The van der Waals surface area contributed by atoms with Gasteiger partial charge in [-0.05, 0) is 6.07 Å². The van der Waals surface area contributed by atoms with Crippen LogP contribution in [0.15, 0.2) is 22.0 Å². The highest BCUT2D eigenvalue weighted by Crippen LogP contribution is 2.09. The Morgan fingerprint density at radius 3 is 2.45 bits per heavy atom. The number of halogens is 1. The van der Waals surface area contributed by atoms with Crippen molar-refractivity contribution in [3.8, 4) is 0 Å². The fourth-order valence-electron chi connectivity index (χ4n) is 1.28. The second kappa shape index (κ2) is 6.68. The number of hydrogen-bond donors (Lipinski definition) is 3. The van der Waals surface area contributed by atoms with Crippen LogP contribution >= 0.6 is 11.6 Å². The highest BCUT2D eigenvalue weighted by Gasteiger charge is 2.17. The van der Waals surface area contributed by atoms with Gasteiger partial charge in [0.05, 0.1) is 10.6 Å². The van der Waals surface area contributed by atoms with Gasteiger partial charge >= 0.3 is 0 Å². The minimum Gasteiger partial charge on any atom is -0.326 e. The molecule has 0 aliphatic rings. The van der Waals surface area contributed by atoms with E-state index in [4.69, 9.17) is 11.6 Å². The Morgan fingerprint density at radius 2 is 1.90 bits per heavy atom. The third-order valence-electron chi connectivity index (χ3n) is 2.17. The number of sulfonamides is 2. The van der Waals surface area contributed by atoms with Crippen molar-refractivity contribution in [3.63, 3.8) is 0 Å². The molecule has 0 bridgehead atoms. The maximum atomic E-state index is 11.8. The molecule has 0 saturated carbocycles. The Balaban J connectivity index is 2.76. The molecule has 0 aliphatic carbocycles. The maximum Gasteiger partial charge on any atom is 0.266 e. The molecule has 0 saturated heterocycles. The van der Waals surface area contributed by atoms with Crippen LogP contribution in [0.1, 0.15) is 6.92 Å². The Morgan fingerprint density at radius 1 is 1.25 bits per heavy atom. The largest absolute Gasteiger partial charge is 0.326 e. The van der Waals surface area contributed by atoms with Gasteiger partial charge < -0.3 is 4.98 Å². The molecule has 0 atom stereocenters. The second-order valence-electron chi connectivity index (χ2n) is 3.73. The van der Waals surface area contributed by atoms with Gasteiger partial charge in [0.15, 0.2) is 0 Å². The van der Waals surface area contributed by atoms with Gasteiger partial charge in [-0.1, -0.05) is 18.5 Å².